The maximum Gasteiger partial charge on any atom is 0.418 e. The topological polar surface area (TPSA) is 12.9 Å². The highest BCUT2D eigenvalue weighted by Crippen LogP contribution is 2.31. The van der Waals surface area contributed by atoms with Gasteiger partial charge in [0.15, 0.2) is 0 Å². The van der Waals surface area contributed by atoms with E-state index < -0.39 is 11.7 Å². The zero-order chi connectivity index (χ0) is 10.8. The second-order valence-electron chi connectivity index (χ2n) is 2.98. The molecule has 0 radical (unpaired) electrons. The lowest BCUT2D eigenvalue weighted by molar-refractivity contribution is -0.138. The second-order valence-corrected chi connectivity index (χ2v) is 3.73. The molecule has 1 nitrogen and oxygen atoms in total. The van der Waals surface area contributed by atoms with Crippen molar-refractivity contribution in [2.45, 2.75) is 24.9 Å². The van der Waals surface area contributed by atoms with Crippen LogP contribution in [0, 0.1) is 0 Å². The fourth-order valence-electron chi connectivity index (χ4n) is 1.13. The minimum absolute atomic E-state index is 0.00231. The van der Waals surface area contributed by atoms with E-state index in [1.54, 1.807) is 6.92 Å². The fraction of sp³-hybridized carbons (Fsp3) is 0.444. The van der Waals surface area contributed by atoms with Gasteiger partial charge in [-0.3, -0.25) is 4.98 Å². The lowest BCUT2D eigenvalue weighted by Gasteiger charge is -2.11. The van der Waals surface area contributed by atoms with E-state index in [2.05, 4.69) is 4.98 Å². The van der Waals surface area contributed by atoms with E-state index in [1.807, 2.05) is 0 Å². The van der Waals surface area contributed by atoms with E-state index in [9.17, 15) is 13.2 Å². The Hall–Kier alpha value is -0.770. The summed E-state index contributed by atoms with van der Waals surface area (Å²) >= 11 is 5.63. The van der Waals surface area contributed by atoms with Crippen LogP contribution in [0.3, 0.4) is 0 Å². The first-order valence-electron chi connectivity index (χ1n) is 4.06. The van der Waals surface area contributed by atoms with Crippen LogP contribution < -0.4 is 0 Å². The quantitative estimate of drug-likeness (QED) is 0.702. The largest absolute Gasteiger partial charge is 0.418 e. The predicted octanol–water partition coefficient (Wildman–Crippen LogP) is 3.27. The second kappa shape index (κ2) is 4.17. The molecular weight excluding hydrogens is 215 g/mol. The molecule has 0 amide bonds. The van der Waals surface area contributed by atoms with Gasteiger partial charge >= 0.3 is 6.18 Å². The smallest absolute Gasteiger partial charge is 0.261 e. The highest BCUT2D eigenvalue weighted by molar-refractivity contribution is 6.20. The predicted molar refractivity (Wildman–Crippen MR) is 48.3 cm³/mol. The number of hydrogen-bond donors (Lipinski definition) is 0. The van der Waals surface area contributed by atoms with Crippen molar-refractivity contribution in [3.63, 3.8) is 0 Å². The van der Waals surface area contributed by atoms with Crippen molar-refractivity contribution in [2.75, 3.05) is 0 Å². The SMILES string of the molecule is CC(Cl)Cc1ncccc1C(F)(F)F. The van der Waals surface area contributed by atoms with Gasteiger partial charge in [0.25, 0.3) is 0 Å². The Morgan fingerprint density at radius 1 is 1.50 bits per heavy atom. The van der Waals surface area contributed by atoms with Crippen LogP contribution in [0.1, 0.15) is 18.2 Å². The van der Waals surface area contributed by atoms with Crippen molar-refractivity contribution < 1.29 is 13.2 Å². The summed E-state index contributed by atoms with van der Waals surface area (Å²) in [7, 11) is 0. The fourth-order valence-corrected chi connectivity index (χ4v) is 1.27. The Labute approximate surface area is 84.9 Å². The molecule has 1 unspecified atom stereocenters. The van der Waals surface area contributed by atoms with Gasteiger partial charge in [-0.1, -0.05) is 0 Å². The lowest BCUT2D eigenvalue weighted by atomic mass is 10.1. The first-order chi connectivity index (χ1) is 6.41. The molecule has 5 heteroatoms. The van der Waals surface area contributed by atoms with E-state index >= 15 is 0 Å². The van der Waals surface area contributed by atoms with E-state index in [0.717, 1.165) is 6.07 Å². The van der Waals surface area contributed by atoms with Crippen molar-refractivity contribution in [1.82, 2.24) is 4.98 Å². The number of hydrogen-bond acceptors (Lipinski definition) is 1. The van der Waals surface area contributed by atoms with Crippen molar-refractivity contribution in [2.24, 2.45) is 0 Å². The van der Waals surface area contributed by atoms with Gasteiger partial charge in [-0.25, -0.2) is 0 Å². The van der Waals surface area contributed by atoms with E-state index in [4.69, 9.17) is 11.6 Å². The number of rotatable bonds is 2. The van der Waals surface area contributed by atoms with Crippen molar-refractivity contribution in [3.05, 3.63) is 29.6 Å². The van der Waals surface area contributed by atoms with Gasteiger partial charge in [0.05, 0.1) is 11.3 Å². The van der Waals surface area contributed by atoms with E-state index in [1.165, 1.54) is 12.3 Å². The third kappa shape index (κ3) is 2.87. The molecule has 0 aliphatic carbocycles. The average molecular weight is 224 g/mol. The van der Waals surface area contributed by atoms with E-state index in [0.29, 0.717) is 0 Å². The number of halogens is 4. The van der Waals surface area contributed by atoms with Gasteiger partial charge in [-0.2, -0.15) is 13.2 Å². The molecule has 0 saturated heterocycles. The summed E-state index contributed by atoms with van der Waals surface area (Å²) in [5.41, 5.74) is -0.699. The van der Waals surface area contributed by atoms with Gasteiger partial charge in [0.2, 0.25) is 0 Å². The Morgan fingerprint density at radius 3 is 2.64 bits per heavy atom. The van der Waals surface area contributed by atoms with Crippen LogP contribution in [0.25, 0.3) is 0 Å². The molecule has 0 aromatic carbocycles. The molecule has 1 atom stereocenters. The summed E-state index contributed by atoms with van der Waals surface area (Å²) in [5, 5.41) is -0.356. The molecule has 1 heterocycles. The standard InChI is InChI=1S/C9H9ClF3N/c1-6(10)5-8-7(9(11,12)13)3-2-4-14-8/h2-4,6H,5H2,1H3. The molecule has 0 N–H and O–H groups in total. The Bertz CT molecular complexity index is 309. The molecular formula is C9H9ClF3N. The van der Waals surface area contributed by atoms with Crippen LogP contribution in [0.4, 0.5) is 13.2 Å². The summed E-state index contributed by atoms with van der Waals surface area (Å²) in [6.45, 7) is 1.64. The molecule has 0 bridgehead atoms. The van der Waals surface area contributed by atoms with Crippen LogP contribution in [0.5, 0.6) is 0 Å². The zero-order valence-corrected chi connectivity index (χ0v) is 8.23. The molecule has 0 aliphatic heterocycles. The molecule has 0 saturated carbocycles. The van der Waals surface area contributed by atoms with Gasteiger partial charge < -0.3 is 0 Å². The molecule has 78 valence electrons. The van der Waals surface area contributed by atoms with Gasteiger partial charge in [-0.15, -0.1) is 11.6 Å². The summed E-state index contributed by atoms with van der Waals surface area (Å²) in [4.78, 5) is 3.68. The Morgan fingerprint density at radius 2 is 2.14 bits per heavy atom. The zero-order valence-electron chi connectivity index (χ0n) is 7.48. The first kappa shape index (κ1) is 11.3. The molecule has 14 heavy (non-hydrogen) atoms. The normalized spacial score (nSPS) is 14.1. The van der Waals surface area contributed by atoms with Gasteiger partial charge in [0.1, 0.15) is 0 Å². The minimum Gasteiger partial charge on any atom is -0.261 e. The first-order valence-corrected chi connectivity index (χ1v) is 4.50. The molecule has 0 aliphatic rings. The van der Waals surface area contributed by atoms with Crippen LogP contribution >= 0.6 is 11.6 Å². The van der Waals surface area contributed by atoms with Crippen LogP contribution in [-0.2, 0) is 12.6 Å². The molecule has 1 rings (SSSR count). The van der Waals surface area contributed by atoms with Crippen molar-refractivity contribution in [3.8, 4) is 0 Å². The van der Waals surface area contributed by atoms with Crippen LogP contribution in [0.2, 0.25) is 0 Å². The highest BCUT2D eigenvalue weighted by Gasteiger charge is 2.33. The third-order valence-corrected chi connectivity index (χ3v) is 1.82. The number of aromatic nitrogens is 1. The Balaban J connectivity index is 3.04. The van der Waals surface area contributed by atoms with Gasteiger partial charge in [0, 0.05) is 18.0 Å². The number of alkyl halides is 4. The lowest BCUT2D eigenvalue weighted by Crippen LogP contribution is -2.12. The van der Waals surface area contributed by atoms with Crippen LogP contribution in [-0.4, -0.2) is 10.4 Å². The van der Waals surface area contributed by atoms with E-state index in [-0.39, 0.29) is 17.5 Å². The molecule has 0 fully saturated rings. The van der Waals surface area contributed by atoms with Crippen molar-refractivity contribution >= 4 is 11.6 Å². The maximum absolute atomic E-state index is 12.4. The summed E-state index contributed by atoms with van der Waals surface area (Å²) in [6.07, 6.45) is -2.89. The minimum atomic E-state index is -4.35. The average Bonchev–Trinajstić information content (AvgIpc) is 2.01. The molecule has 1 aromatic heterocycles. The third-order valence-electron chi connectivity index (χ3n) is 1.67. The van der Waals surface area contributed by atoms with Crippen molar-refractivity contribution in [1.29, 1.82) is 0 Å². The molecule has 0 spiro atoms. The van der Waals surface area contributed by atoms with Crippen LogP contribution in [0.15, 0.2) is 18.3 Å². The summed E-state index contributed by atoms with van der Waals surface area (Å²) in [6, 6.07) is 2.28. The van der Waals surface area contributed by atoms with Gasteiger partial charge in [-0.05, 0) is 19.1 Å². The highest BCUT2D eigenvalue weighted by atomic mass is 35.5. The summed E-state index contributed by atoms with van der Waals surface area (Å²) < 4.78 is 37.2. The number of pyridine rings is 1. The maximum atomic E-state index is 12.4. The monoisotopic (exact) mass is 223 g/mol. The number of nitrogens with zero attached hydrogens (tertiary/aromatic N) is 1. The summed E-state index contributed by atoms with van der Waals surface area (Å²) in [5.74, 6) is 0. The Kier molecular flexibility index (Phi) is 3.37. The molecule has 1 aromatic rings.